The summed E-state index contributed by atoms with van der Waals surface area (Å²) in [5.74, 6) is -0.0623. The first-order valence-corrected chi connectivity index (χ1v) is 27.0. The first kappa shape index (κ1) is 62.3. The van der Waals surface area contributed by atoms with Crippen molar-refractivity contribution < 1.29 is 15.0 Å². The maximum atomic E-state index is 12.4. The van der Waals surface area contributed by atoms with Crippen molar-refractivity contribution in [1.82, 2.24) is 5.32 Å². The van der Waals surface area contributed by atoms with Crippen molar-refractivity contribution >= 4 is 5.91 Å². The molecule has 0 saturated carbocycles. The van der Waals surface area contributed by atoms with E-state index in [1.807, 2.05) is 0 Å². The quantitative estimate of drug-likeness (QED) is 0.0421. The van der Waals surface area contributed by atoms with Crippen LogP contribution in [0.25, 0.3) is 0 Å². The van der Waals surface area contributed by atoms with E-state index in [1.165, 1.54) is 70.6 Å². The van der Waals surface area contributed by atoms with Crippen LogP contribution < -0.4 is 5.32 Å². The lowest BCUT2D eigenvalue weighted by Gasteiger charge is -2.22. The Labute approximate surface area is 408 Å². The molecule has 0 rings (SSSR count). The van der Waals surface area contributed by atoms with E-state index in [1.54, 1.807) is 0 Å². The molecule has 66 heavy (non-hydrogen) atoms. The molecular weight excluding hydrogens is 807 g/mol. The molecule has 3 N–H and O–H groups in total. The molecule has 372 valence electrons. The van der Waals surface area contributed by atoms with Crippen LogP contribution in [0.1, 0.15) is 219 Å². The summed E-state index contributed by atoms with van der Waals surface area (Å²) in [7, 11) is 0. The van der Waals surface area contributed by atoms with Gasteiger partial charge < -0.3 is 15.5 Å². The number of aliphatic hydroxyl groups is 2. The molecule has 0 aliphatic heterocycles. The highest BCUT2D eigenvalue weighted by Gasteiger charge is 2.20. The zero-order valence-corrected chi connectivity index (χ0v) is 42.6. The largest absolute Gasteiger partial charge is 0.394 e. The van der Waals surface area contributed by atoms with Crippen LogP contribution in [0.2, 0.25) is 0 Å². The van der Waals surface area contributed by atoms with Gasteiger partial charge in [0.25, 0.3) is 0 Å². The van der Waals surface area contributed by atoms with Crippen LogP contribution in [0.5, 0.6) is 0 Å². The van der Waals surface area contributed by atoms with Crippen LogP contribution in [0, 0.1) is 0 Å². The monoisotopic (exact) mass is 908 g/mol. The minimum Gasteiger partial charge on any atom is -0.394 e. The molecule has 0 aromatic heterocycles. The second-order valence-corrected chi connectivity index (χ2v) is 17.6. The van der Waals surface area contributed by atoms with Gasteiger partial charge in [0.05, 0.1) is 18.8 Å². The fraction of sp³-hybridized carbons (Fsp3) is 0.597. The van der Waals surface area contributed by atoms with Crippen molar-refractivity contribution in [2.45, 2.75) is 231 Å². The molecule has 0 fully saturated rings. The molecule has 0 radical (unpaired) electrons. The number of carbonyl (C=O) groups is 1. The maximum Gasteiger partial charge on any atom is 0.220 e. The third-order valence-corrected chi connectivity index (χ3v) is 11.4. The highest BCUT2D eigenvalue weighted by molar-refractivity contribution is 5.76. The van der Waals surface area contributed by atoms with E-state index in [2.05, 4.69) is 165 Å². The first-order chi connectivity index (χ1) is 32.7. The normalized spacial score (nSPS) is 14.1. The molecule has 0 bridgehead atoms. The number of allylic oxidation sites excluding steroid dienone is 24. The molecule has 2 atom stereocenters. The third-order valence-electron chi connectivity index (χ3n) is 11.4. The average Bonchev–Trinajstić information content (AvgIpc) is 3.32. The fourth-order valence-electron chi connectivity index (χ4n) is 7.28. The Bertz CT molecular complexity index is 1400. The fourth-order valence-corrected chi connectivity index (χ4v) is 7.28. The molecule has 0 heterocycles. The highest BCUT2D eigenvalue weighted by atomic mass is 16.3. The van der Waals surface area contributed by atoms with Crippen molar-refractivity contribution in [1.29, 1.82) is 0 Å². The van der Waals surface area contributed by atoms with E-state index in [0.29, 0.717) is 12.8 Å². The standard InChI is InChI=1S/C62H101NO3/c1-3-5-7-9-11-13-15-17-18-19-20-21-22-23-24-25-26-27-28-29-30-31-32-33-34-35-36-37-38-39-40-41-42-43-44-46-48-50-52-54-56-58-62(66)63-60(59-64)61(65)57-55-53-51-49-47-45-16-14-12-10-8-6-4-2/h5,7,11,13,17-18,20-21,23-24,26-27,29-30,32-33,35-36,38-39,41-42,44,46,60-61,64-65H,3-4,6,8-10,12,14-16,19,22,25,28,31,34,37,40,43,45,47-59H2,1-2H3,(H,63,66)/b7-5-,13-11-,18-17-,21-20-,24-23-,27-26-,30-29-,33-32-,36-35-,39-38-,42-41-,46-44-. The summed E-state index contributed by atoms with van der Waals surface area (Å²) in [6.07, 6.45) is 88.1. The summed E-state index contributed by atoms with van der Waals surface area (Å²) in [5.41, 5.74) is 0. The van der Waals surface area contributed by atoms with E-state index in [0.717, 1.165) is 122 Å². The minimum atomic E-state index is -0.680. The van der Waals surface area contributed by atoms with Crippen LogP contribution in [0.3, 0.4) is 0 Å². The van der Waals surface area contributed by atoms with Gasteiger partial charge in [-0.15, -0.1) is 0 Å². The summed E-state index contributed by atoms with van der Waals surface area (Å²) in [5, 5.41) is 23.2. The van der Waals surface area contributed by atoms with Gasteiger partial charge in [-0.05, 0) is 103 Å². The summed E-state index contributed by atoms with van der Waals surface area (Å²) in [6.45, 7) is 4.22. The molecule has 0 aromatic rings. The van der Waals surface area contributed by atoms with Crippen LogP contribution in [0.4, 0.5) is 0 Å². The first-order valence-electron chi connectivity index (χ1n) is 27.0. The van der Waals surface area contributed by atoms with Crippen molar-refractivity contribution in [3.05, 3.63) is 146 Å². The molecular formula is C62H101NO3. The van der Waals surface area contributed by atoms with Gasteiger partial charge in [-0.2, -0.15) is 0 Å². The van der Waals surface area contributed by atoms with E-state index in [-0.39, 0.29) is 12.5 Å². The Morgan fingerprint density at radius 2 is 0.667 bits per heavy atom. The van der Waals surface area contributed by atoms with Crippen molar-refractivity contribution in [2.24, 2.45) is 0 Å². The molecule has 2 unspecified atom stereocenters. The van der Waals surface area contributed by atoms with Gasteiger partial charge in [0.15, 0.2) is 0 Å². The predicted molar refractivity (Wildman–Crippen MR) is 294 cm³/mol. The van der Waals surface area contributed by atoms with Crippen molar-refractivity contribution in [3.63, 3.8) is 0 Å². The molecule has 4 nitrogen and oxygen atoms in total. The highest BCUT2D eigenvalue weighted by Crippen LogP contribution is 2.15. The van der Waals surface area contributed by atoms with Gasteiger partial charge in [-0.3, -0.25) is 4.79 Å². The van der Waals surface area contributed by atoms with Gasteiger partial charge in [-0.25, -0.2) is 0 Å². The van der Waals surface area contributed by atoms with Crippen LogP contribution in [0.15, 0.2) is 146 Å². The van der Waals surface area contributed by atoms with Crippen LogP contribution in [-0.4, -0.2) is 34.9 Å². The maximum absolute atomic E-state index is 12.4. The Balaban J connectivity index is 3.69. The molecule has 0 saturated heterocycles. The summed E-state index contributed by atoms with van der Waals surface area (Å²) in [4.78, 5) is 12.4. The number of unbranched alkanes of at least 4 members (excludes halogenated alkanes) is 16. The van der Waals surface area contributed by atoms with Gasteiger partial charge >= 0.3 is 0 Å². The number of carbonyl (C=O) groups excluding carboxylic acids is 1. The van der Waals surface area contributed by atoms with Crippen molar-refractivity contribution in [2.75, 3.05) is 6.61 Å². The average molecular weight is 908 g/mol. The molecule has 0 spiro atoms. The molecule has 4 heteroatoms. The smallest absolute Gasteiger partial charge is 0.220 e. The number of amides is 1. The van der Waals surface area contributed by atoms with Gasteiger partial charge in [0.2, 0.25) is 5.91 Å². The number of hydrogen-bond acceptors (Lipinski definition) is 3. The van der Waals surface area contributed by atoms with Crippen LogP contribution >= 0.6 is 0 Å². The second-order valence-electron chi connectivity index (χ2n) is 17.6. The zero-order valence-electron chi connectivity index (χ0n) is 42.6. The van der Waals surface area contributed by atoms with E-state index in [9.17, 15) is 15.0 Å². The molecule has 0 aliphatic rings. The minimum absolute atomic E-state index is 0.0623. The Morgan fingerprint density at radius 3 is 1.00 bits per heavy atom. The van der Waals surface area contributed by atoms with Gasteiger partial charge in [-0.1, -0.05) is 256 Å². The predicted octanol–water partition coefficient (Wildman–Crippen LogP) is 18.0. The number of nitrogens with one attached hydrogen (secondary N) is 1. The number of aliphatic hydroxyl groups excluding tert-OH is 2. The van der Waals surface area contributed by atoms with Gasteiger partial charge in [0.1, 0.15) is 0 Å². The van der Waals surface area contributed by atoms with Crippen molar-refractivity contribution in [3.8, 4) is 0 Å². The summed E-state index contributed by atoms with van der Waals surface area (Å²) >= 11 is 0. The van der Waals surface area contributed by atoms with E-state index in [4.69, 9.17) is 0 Å². The summed E-state index contributed by atoms with van der Waals surface area (Å²) < 4.78 is 0. The van der Waals surface area contributed by atoms with Crippen LogP contribution in [-0.2, 0) is 4.79 Å². The number of rotatable bonds is 47. The molecule has 1 amide bonds. The Morgan fingerprint density at radius 1 is 0.379 bits per heavy atom. The lowest BCUT2D eigenvalue weighted by molar-refractivity contribution is -0.123. The second kappa shape index (κ2) is 55.6. The topological polar surface area (TPSA) is 69.6 Å². The lowest BCUT2D eigenvalue weighted by Crippen LogP contribution is -2.45. The SMILES string of the molecule is CC/C=C\C/C=C\C/C=C\C/C=C\C/C=C\C/C=C\C/C=C\C/C=C\C/C=C\C/C=C\C/C=C\C/C=C\CCCCCCC(=O)NC(CO)C(O)CCCCCCCCCCCCCCC. The Hall–Kier alpha value is -3.73. The van der Waals surface area contributed by atoms with E-state index >= 15 is 0 Å². The third kappa shape index (κ3) is 51.3. The van der Waals surface area contributed by atoms with E-state index < -0.39 is 12.1 Å². The lowest BCUT2D eigenvalue weighted by atomic mass is 10.0. The molecule has 0 aromatic carbocycles. The summed E-state index contributed by atoms with van der Waals surface area (Å²) in [6, 6.07) is -0.560. The Kier molecular flexibility index (Phi) is 52.5. The zero-order chi connectivity index (χ0) is 47.7. The molecule has 0 aliphatic carbocycles. The number of hydrogen-bond donors (Lipinski definition) is 3. The van der Waals surface area contributed by atoms with Gasteiger partial charge in [0, 0.05) is 6.42 Å².